The third-order valence-electron chi connectivity index (χ3n) is 1.45. The number of hydrogen-bond acceptors (Lipinski definition) is 5. The molecule has 0 saturated carbocycles. The topological polar surface area (TPSA) is 72.8 Å². The van der Waals surface area contributed by atoms with E-state index < -0.39 is 10.1 Å². The Kier molecular flexibility index (Phi) is 3.99. The Hall–Kier alpha value is -1.69. The number of benzene rings is 1. The van der Waals surface area contributed by atoms with Crippen LogP contribution in [0.5, 0.6) is 0 Å². The van der Waals surface area contributed by atoms with Crippen LogP contribution in [0.2, 0.25) is 0 Å². The van der Waals surface area contributed by atoms with Crippen LogP contribution >= 0.6 is 0 Å². The molecule has 0 aliphatic carbocycles. The maximum Gasteiger partial charge on any atom is 0.358 e. The van der Waals surface area contributed by atoms with E-state index in [-0.39, 0.29) is 11.3 Å². The molecule has 0 radical (unpaired) electrons. The molecular formula is C9H9NO4S. The summed E-state index contributed by atoms with van der Waals surface area (Å²) in [6.45, 7) is 0. The van der Waals surface area contributed by atoms with Gasteiger partial charge in [-0.3, -0.25) is 4.28 Å². The molecule has 0 aromatic heterocycles. The lowest BCUT2D eigenvalue weighted by Gasteiger charge is -1.99. The fourth-order valence-corrected chi connectivity index (χ4v) is 1.55. The van der Waals surface area contributed by atoms with E-state index in [1.54, 1.807) is 18.2 Å². The minimum atomic E-state index is -3.85. The Labute approximate surface area is 87.5 Å². The predicted octanol–water partition coefficient (Wildman–Crippen LogP) is 0.967. The van der Waals surface area contributed by atoms with Crippen LogP contribution < -0.4 is 0 Å². The molecule has 0 aliphatic rings. The third-order valence-corrected chi connectivity index (χ3v) is 2.58. The smallest absolute Gasteiger partial charge is 0.303 e. The van der Waals surface area contributed by atoms with E-state index in [4.69, 9.17) is 0 Å². The molecule has 1 rings (SSSR count). The summed E-state index contributed by atoms with van der Waals surface area (Å²) in [5, 5.41) is 3.16. The van der Waals surface area contributed by atoms with Crippen molar-refractivity contribution in [2.24, 2.45) is 5.16 Å². The first-order valence-corrected chi connectivity index (χ1v) is 5.52. The molecule has 0 spiro atoms. The van der Waals surface area contributed by atoms with Crippen molar-refractivity contribution >= 4 is 22.6 Å². The molecule has 80 valence electrons. The molecule has 0 unspecified atom stereocenters. The van der Waals surface area contributed by atoms with Gasteiger partial charge in [-0.15, -0.1) is 0 Å². The molecule has 0 amide bonds. The highest BCUT2D eigenvalue weighted by molar-refractivity contribution is 7.86. The fraction of sp³-hybridized carbons (Fsp3) is 0.111. The summed E-state index contributed by atoms with van der Waals surface area (Å²) < 4.78 is 27.0. The summed E-state index contributed by atoms with van der Waals surface area (Å²) in [4.78, 5) is 9.92. The number of aldehydes is 1. The summed E-state index contributed by atoms with van der Waals surface area (Å²) >= 11 is 0. The van der Waals surface area contributed by atoms with Crippen LogP contribution in [0.25, 0.3) is 0 Å². The Bertz CT molecular complexity index is 438. The summed E-state index contributed by atoms with van der Waals surface area (Å²) in [6, 6.07) is 7.63. The first-order valence-electron chi connectivity index (χ1n) is 4.11. The van der Waals surface area contributed by atoms with E-state index in [1.807, 2.05) is 0 Å². The molecule has 0 aliphatic heterocycles. The fourth-order valence-electron chi connectivity index (χ4n) is 0.803. The standard InChI is InChI=1S/C9H9NO4S/c11-8-4-7-10-14-15(12,13)9-5-2-1-3-6-9/h1-3,5-8H,4H2. The highest BCUT2D eigenvalue weighted by Crippen LogP contribution is 2.10. The maximum atomic E-state index is 11.4. The zero-order valence-electron chi connectivity index (χ0n) is 7.74. The third kappa shape index (κ3) is 3.51. The van der Waals surface area contributed by atoms with Gasteiger partial charge in [0, 0.05) is 6.42 Å². The van der Waals surface area contributed by atoms with Crippen LogP contribution in [0, 0.1) is 0 Å². The van der Waals surface area contributed by atoms with E-state index in [9.17, 15) is 13.2 Å². The quantitative estimate of drug-likeness (QED) is 0.427. The average molecular weight is 227 g/mol. The number of carbonyl (C=O) groups excluding carboxylic acids is 1. The zero-order chi connectivity index (χ0) is 11.1. The minimum Gasteiger partial charge on any atom is -0.303 e. The van der Waals surface area contributed by atoms with Gasteiger partial charge in [-0.2, -0.15) is 8.42 Å². The lowest BCUT2D eigenvalue weighted by atomic mass is 10.4. The van der Waals surface area contributed by atoms with E-state index in [0.29, 0.717) is 6.29 Å². The van der Waals surface area contributed by atoms with Crippen LogP contribution in [-0.4, -0.2) is 20.9 Å². The van der Waals surface area contributed by atoms with E-state index in [1.165, 1.54) is 12.1 Å². The molecule has 0 N–H and O–H groups in total. The van der Waals surface area contributed by atoms with E-state index in [2.05, 4.69) is 9.44 Å². The molecule has 1 aromatic rings. The van der Waals surface area contributed by atoms with Crippen molar-refractivity contribution in [3.63, 3.8) is 0 Å². The predicted molar refractivity (Wildman–Crippen MR) is 53.9 cm³/mol. The Morgan fingerprint density at radius 3 is 2.53 bits per heavy atom. The molecule has 0 fully saturated rings. The van der Waals surface area contributed by atoms with Gasteiger partial charge in [0.1, 0.15) is 11.2 Å². The van der Waals surface area contributed by atoms with E-state index in [0.717, 1.165) is 6.21 Å². The lowest BCUT2D eigenvalue weighted by Crippen LogP contribution is -2.02. The van der Waals surface area contributed by atoms with Crippen LogP contribution in [0.3, 0.4) is 0 Å². The molecule has 1 aromatic carbocycles. The molecule has 15 heavy (non-hydrogen) atoms. The van der Waals surface area contributed by atoms with Crippen molar-refractivity contribution < 1.29 is 17.5 Å². The van der Waals surface area contributed by atoms with Crippen molar-refractivity contribution in [1.29, 1.82) is 0 Å². The molecule has 0 heterocycles. The normalized spacial score (nSPS) is 11.5. The summed E-state index contributed by atoms with van der Waals surface area (Å²) in [6.07, 6.45) is 1.68. The van der Waals surface area contributed by atoms with Crippen molar-refractivity contribution in [2.75, 3.05) is 0 Å². The number of hydrogen-bond donors (Lipinski definition) is 0. The largest absolute Gasteiger partial charge is 0.358 e. The van der Waals surface area contributed by atoms with E-state index >= 15 is 0 Å². The van der Waals surface area contributed by atoms with Crippen molar-refractivity contribution in [3.8, 4) is 0 Å². The molecule has 0 bridgehead atoms. The van der Waals surface area contributed by atoms with Gasteiger partial charge in [0.2, 0.25) is 0 Å². The zero-order valence-corrected chi connectivity index (χ0v) is 8.55. The monoisotopic (exact) mass is 227 g/mol. The molecule has 5 nitrogen and oxygen atoms in total. The van der Waals surface area contributed by atoms with Gasteiger partial charge >= 0.3 is 10.1 Å². The van der Waals surface area contributed by atoms with Gasteiger partial charge < -0.3 is 4.79 Å². The van der Waals surface area contributed by atoms with Gasteiger partial charge in [0.05, 0.1) is 6.21 Å². The average Bonchev–Trinajstić information content (AvgIpc) is 2.26. The molecular weight excluding hydrogens is 218 g/mol. The molecule has 0 atom stereocenters. The van der Waals surface area contributed by atoms with Crippen molar-refractivity contribution in [3.05, 3.63) is 30.3 Å². The van der Waals surface area contributed by atoms with Gasteiger partial charge in [-0.1, -0.05) is 23.4 Å². The van der Waals surface area contributed by atoms with Crippen LogP contribution in [0.1, 0.15) is 6.42 Å². The second kappa shape index (κ2) is 5.26. The Morgan fingerprint density at radius 2 is 1.93 bits per heavy atom. The first-order chi connectivity index (χ1) is 7.17. The molecule has 6 heteroatoms. The number of nitrogens with zero attached hydrogens (tertiary/aromatic N) is 1. The second-order valence-corrected chi connectivity index (χ2v) is 4.06. The number of rotatable bonds is 5. The minimum absolute atomic E-state index is 0.0182. The van der Waals surface area contributed by atoms with Crippen LogP contribution in [0.4, 0.5) is 0 Å². The van der Waals surface area contributed by atoms with Crippen LogP contribution in [-0.2, 0) is 19.2 Å². The molecule has 0 saturated heterocycles. The highest BCUT2D eigenvalue weighted by Gasteiger charge is 2.13. The Balaban J connectivity index is 2.73. The summed E-state index contributed by atoms with van der Waals surface area (Å²) in [7, 11) is -3.85. The number of oxime groups is 1. The van der Waals surface area contributed by atoms with Crippen molar-refractivity contribution in [2.45, 2.75) is 11.3 Å². The SMILES string of the molecule is O=CCC=NOS(=O)(=O)c1ccccc1. The number of carbonyl (C=O) groups is 1. The highest BCUT2D eigenvalue weighted by atomic mass is 32.2. The summed E-state index contributed by atoms with van der Waals surface area (Å²) in [5.41, 5.74) is 0. The van der Waals surface area contributed by atoms with Crippen molar-refractivity contribution in [1.82, 2.24) is 0 Å². The maximum absolute atomic E-state index is 11.4. The van der Waals surface area contributed by atoms with Gasteiger partial charge in [-0.25, -0.2) is 0 Å². The van der Waals surface area contributed by atoms with Gasteiger partial charge in [0.15, 0.2) is 0 Å². The first kappa shape index (κ1) is 11.4. The van der Waals surface area contributed by atoms with Crippen LogP contribution in [0.15, 0.2) is 40.4 Å². The Morgan fingerprint density at radius 1 is 1.27 bits per heavy atom. The van der Waals surface area contributed by atoms with Gasteiger partial charge in [0.25, 0.3) is 0 Å². The summed E-state index contributed by atoms with van der Waals surface area (Å²) in [5.74, 6) is 0. The second-order valence-electron chi connectivity index (χ2n) is 2.53. The lowest BCUT2D eigenvalue weighted by molar-refractivity contribution is -0.106. The van der Waals surface area contributed by atoms with Gasteiger partial charge in [-0.05, 0) is 12.1 Å².